The number of aromatic nitrogens is 2. The second-order valence-corrected chi connectivity index (χ2v) is 5.08. The Morgan fingerprint density at radius 1 is 1.28 bits per heavy atom. The molecule has 0 atom stereocenters. The van der Waals surface area contributed by atoms with Gasteiger partial charge in [0.2, 0.25) is 0 Å². The molecule has 1 fully saturated rings. The summed E-state index contributed by atoms with van der Waals surface area (Å²) in [5, 5.41) is -0.109. The van der Waals surface area contributed by atoms with Gasteiger partial charge in [-0.1, -0.05) is 30.9 Å². The molecule has 0 aromatic carbocycles. The van der Waals surface area contributed by atoms with Gasteiger partial charge in [0, 0.05) is 6.61 Å². The molecule has 3 nitrogen and oxygen atoms in total. The van der Waals surface area contributed by atoms with Crippen LogP contribution in [0.4, 0.5) is 4.39 Å². The summed E-state index contributed by atoms with van der Waals surface area (Å²) >= 11 is 5.82. The van der Waals surface area contributed by atoms with Gasteiger partial charge in [-0.3, -0.25) is 0 Å². The van der Waals surface area contributed by atoms with Gasteiger partial charge in [-0.15, -0.1) is 0 Å². The Kier molecular flexibility index (Phi) is 4.17. The first-order valence-corrected chi connectivity index (χ1v) is 6.81. The van der Waals surface area contributed by atoms with Crippen molar-refractivity contribution in [3.8, 4) is 0 Å². The summed E-state index contributed by atoms with van der Waals surface area (Å²) in [6.07, 6.45) is 5.11. The van der Waals surface area contributed by atoms with Crippen LogP contribution >= 0.6 is 11.6 Å². The largest absolute Gasteiger partial charge is 0.367 e. The van der Waals surface area contributed by atoms with E-state index in [4.69, 9.17) is 16.3 Å². The van der Waals surface area contributed by atoms with E-state index in [2.05, 4.69) is 9.97 Å². The molecular formula is C13H18ClFN2O. The summed E-state index contributed by atoms with van der Waals surface area (Å²) in [6, 6.07) is 0. The molecule has 0 N–H and O–H groups in total. The Labute approximate surface area is 112 Å². The molecule has 1 aliphatic carbocycles. The quantitative estimate of drug-likeness (QED) is 0.786. The van der Waals surface area contributed by atoms with E-state index in [1.54, 1.807) is 6.92 Å². The van der Waals surface area contributed by atoms with E-state index in [-0.39, 0.29) is 10.8 Å². The zero-order valence-electron chi connectivity index (χ0n) is 10.8. The molecule has 0 radical (unpaired) electrons. The number of aryl methyl sites for hydroxylation is 1. The molecule has 0 saturated heterocycles. The lowest BCUT2D eigenvalue weighted by atomic mass is 9.83. The van der Waals surface area contributed by atoms with Crippen LogP contribution in [0.3, 0.4) is 0 Å². The number of halogens is 2. The smallest absolute Gasteiger partial charge is 0.181 e. The fraction of sp³-hybridized carbons (Fsp3) is 0.692. The van der Waals surface area contributed by atoms with Crippen molar-refractivity contribution in [1.29, 1.82) is 0 Å². The standard InChI is InChI=1S/C13H18ClFN2O/c1-3-18-13(7-5-4-6-8-13)12-16-9(2)10(15)11(14)17-12/h3-8H2,1-2H3. The first kappa shape index (κ1) is 13.7. The minimum atomic E-state index is -0.539. The van der Waals surface area contributed by atoms with Crippen LogP contribution in [0.15, 0.2) is 0 Å². The van der Waals surface area contributed by atoms with Crippen molar-refractivity contribution in [3.05, 3.63) is 22.5 Å². The lowest BCUT2D eigenvalue weighted by molar-refractivity contribution is -0.0768. The van der Waals surface area contributed by atoms with Crippen LogP contribution in [-0.2, 0) is 10.3 Å². The molecule has 1 saturated carbocycles. The van der Waals surface area contributed by atoms with E-state index < -0.39 is 11.4 Å². The monoisotopic (exact) mass is 272 g/mol. The molecule has 0 amide bonds. The number of hydrogen-bond acceptors (Lipinski definition) is 3. The van der Waals surface area contributed by atoms with Crippen LogP contribution < -0.4 is 0 Å². The van der Waals surface area contributed by atoms with Crippen LogP contribution in [0.5, 0.6) is 0 Å². The number of rotatable bonds is 3. The fourth-order valence-corrected chi connectivity index (χ4v) is 2.78. The summed E-state index contributed by atoms with van der Waals surface area (Å²) < 4.78 is 19.4. The molecule has 1 aliphatic rings. The Bertz CT molecular complexity index is 404. The van der Waals surface area contributed by atoms with Crippen molar-refractivity contribution in [1.82, 2.24) is 9.97 Å². The number of ether oxygens (including phenoxy) is 1. The van der Waals surface area contributed by atoms with Gasteiger partial charge in [-0.25, -0.2) is 14.4 Å². The molecule has 18 heavy (non-hydrogen) atoms. The third kappa shape index (κ3) is 2.50. The van der Waals surface area contributed by atoms with Gasteiger partial charge in [-0.05, 0) is 26.7 Å². The highest BCUT2D eigenvalue weighted by Crippen LogP contribution is 2.39. The Balaban J connectivity index is 2.42. The average Bonchev–Trinajstić information content (AvgIpc) is 2.37. The lowest BCUT2D eigenvalue weighted by Gasteiger charge is -2.35. The molecule has 5 heteroatoms. The molecule has 0 spiro atoms. The third-order valence-corrected chi connectivity index (χ3v) is 3.72. The van der Waals surface area contributed by atoms with Gasteiger partial charge in [-0.2, -0.15) is 0 Å². The molecular weight excluding hydrogens is 255 g/mol. The second-order valence-electron chi connectivity index (χ2n) is 4.73. The van der Waals surface area contributed by atoms with E-state index in [1.807, 2.05) is 6.92 Å². The van der Waals surface area contributed by atoms with Crippen molar-refractivity contribution < 1.29 is 9.13 Å². The average molecular weight is 273 g/mol. The molecule has 0 unspecified atom stereocenters. The predicted molar refractivity (Wildman–Crippen MR) is 68.1 cm³/mol. The molecule has 1 aromatic rings. The highest BCUT2D eigenvalue weighted by atomic mass is 35.5. The highest BCUT2D eigenvalue weighted by molar-refractivity contribution is 6.29. The van der Waals surface area contributed by atoms with Crippen LogP contribution in [0.25, 0.3) is 0 Å². The maximum Gasteiger partial charge on any atom is 0.181 e. The third-order valence-electron chi connectivity index (χ3n) is 3.47. The van der Waals surface area contributed by atoms with Crippen molar-refractivity contribution in [2.45, 2.75) is 51.6 Å². The van der Waals surface area contributed by atoms with E-state index in [9.17, 15) is 4.39 Å². The Morgan fingerprint density at radius 2 is 1.94 bits per heavy atom. The van der Waals surface area contributed by atoms with Crippen molar-refractivity contribution in [2.24, 2.45) is 0 Å². The molecule has 1 heterocycles. The SMILES string of the molecule is CCOC1(c2nc(C)c(F)c(Cl)n2)CCCCC1. The summed E-state index contributed by atoms with van der Waals surface area (Å²) in [7, 11) is 0. The Hall–Kier alpha value is -0.740. The molecule has 0 aliphatic heterocycles. The minimum Gasteiger partial charge on any atom is -0.367 e. The maximum absolute atomic E-state index is 13.5. The van der Waals surface area contributed by atoms with Crippen LogP contribution in [0.1, 0.15) is 50.5 Å². The first-order valence-electron chi connectivity index (χ1n) is 6.43. The maximum atomic E-state index is 13.5. The number of hydrogen-bond donors (Lipinski definition) is 0. The van der Waals surface area contributed by atoms with Gasteiger partial charge in [0.15, 0.2) is 16.8 Å². The van der Waals surface area contributed by atoms with Gasteiger partial charge in [0.1, 0.15) is 5.60 Å². The Morgan fingerprint density at radius 3 is 2.50 bits per heavy atom. The summed E-state index contributed by atoms with van der Waals surface area (Å²) in [5.41, 5.74) is -0.190. The van der Waals surface area contributed by atoms with E-state index >= 15 is 0 Å². The zero-order chi connectivity index (χ0) is 13.2. The van der Waals surface area contributed by atoms with Crippen LogP contribution in [-0.4, -0.2) is 16.6 Å². The molecule has 2 rings (SSSR count). The molecule has 1 aromatic heterocycles. The topological polar surface area (TPSA) is 35.0 Å². The predicted octanol–water partition coefficient (Wildman–Crippen LogP) is 3.77. The van der Waals surface area contributed by atoms with Crippen molar-refractivity contribution in [3.63, 3.8) is 0 Å². The van der Waals surface area contributed by atoms with Crippen molar-refractivity contribution >= 4 is 11.6 Å². The highest BCUT2D eigenvalue weighted by Gasteiger charge is 2.38. The van der Waals surface area contributed by atoms with Gasteiger partial charge in [0.25, 0.3) is 0 Å². The van der Waals surface area contributed by atoms with Crippen molar-refractivity contribution in [2.75, 3.05) is 6.61 Å². The number of nitrogens with zero attached hydrogens (tertiary/aromatic N) is 2. The van der Waals surface area contributed by atoms with Crippen LogP contribution in [0.2, 0.25) is 5.15 Å². The normalized spacial score (nSPS) is 18.9. The molecule has 100 valence electrons. The summed E-state index contributed by atoms with van der Waals surface area (Å²) in [4.78, 5) is 8.35. The van der Waals surface area contributed by atoms with Crippen LogP contribution in [0, 0.1) is 12.7 Å². The summed E-state index contributed by atoms with van der Waals surface area (Å²) in [5.74, 6) is -0.00387. The van der Waals surface area contributed by atoms with Gasteiger partial charge in [0.05, 0.1) is 5.69 Å². The summed E-state index contributed by atoms with van der Waals surface area (Å²) in [6.45, 7) is 4.15. The minimum absolute atomic E-state index is 0.109. The van der Waals surface area contributed by atoms with E-state index in [0.29, 0.717) is 12.4 Å². The fourth-order valence-electron chi connectivity index (χ4n) is 2.56. The van der Waals surface area contributed by atoms with E-state index in [1.165, 1.54) is 6.42 Å². The second kappa shape index (κ2) is 5.49. The van der Waals surface area contributed by atoms with Gasteiger partial charge >= 0.3 is 0 Å². The molecule has 0 bridgehead atoms. The first-order chi connectivity index (χ1) is 8.59. The zero-order valence-corrected chi connectivity index (χ0v) is 11.6. The van der Waals surface area contributed by atoms with E-state index in [0.717, 1.165) is 25.7 Å². The van der Waals surface area contributed by atoms with Gasteiger partial charge < -0.3 is 4.74 Å². The lowest BCUT2D eigenvalue weighted by Crippen LogP contribution is -2.35.